The van der Waals surface area contributed by atoms with Gasteiger partial charge in [-0.05, 0) is 91.7 Å². The minimum Gasteiger partial charge on any atom is -0.309 e. The zero-order valence-corrected chi connectivity index (χ0v) is 19.4. The maximum absolute atomic E-state index is 2.60. The molecule has 2 heterocycles. The summed E-state index contributed by atoms with van der Waals surface area (Å²) < 4.78 is 0. The summed E-state index contributed by atoms with van der Waals surface area (Å²) >= 11 is 0. The number of hydrogen-bond donors (Lipinski definition) is 0. The van der Waals surface area contributed by atoms with Crippen LogP contribution in [0.4, 0.5) is 17.1 Å². The summed E-state index contributed by atoms with van der Waals surface area (Å²) in [6.45, 7) is 0. The summed E-state index contributed by atoms with van der Waals surface area (Å²) in [5, 5.41) is 0. The lowest BCUT2D eigenvalue weighted by molar-refractivity contribution is 1.00. The Morgan fingerprint density at radius 1 is 0.429 bits per heavy atom. The van der Waals surface area contributed by atoms with Crippen molar-refractivity contribution in [2.45, 2.75) is 25.7 Å². The van der Waals surface area contributed by atoms with Crippen LogP contribution in [-0.2, 0) is 25.7 Å². The molecule has 2 aliphatic carbocycles. The van der Waals surface area contributed by atoms with Gasteiger partial charge in [-0.3, -0.25) is 0 Å². The normalized spacial score (nSPS) is 14.9. The molecule has 0 bridgehead atoms. The minimum atomic E-state index is 1.01. The van der Waals surface area contributed by atoms with E-state index in [4.69, 9.17) is 0 Å². The number of hydrogen-bond acceptors (Lipinski definition) is 1. The van der Waals surface area contributed by atoms with Gasteiger partial charge in [0.05, 0.1) is 11.4 Å². The summed E-state index contributed by atoms with van der Waals surface area (Å²) in [5.74, 6) is 0. The number of fused-ring (bicyclic) bond motifs is 11. The molecular weight excluding hydrogens is 422 g/mol. The molecule has 0 fully saturated rings. The van der Waals surface area contributed by atoms with E-state index in [1.54, 1.807) is 0 Å². The van der Waals surface area contributed by atoms with Gasteiger partial charge in [-0.15, -0.1) is 0 Å². The Morgan fingerprint density at radius 3 is 1.97 bits per heavy atom. The maximum Gasteiger partial charge on any atom is 0.0539 e. The Kier molecular flexibility index (Phi) is 3.29. The van der Waals surface area contributed by atoms with Crippen LogP contribution >= 0.6 is 0 Å². The van der Waals surface area contributed by atoms with Crippen LogP contribution < -0.4 is 4.90 Å². The number of para-hydroxylation sites is 1. The van der Waals surface area contributed by atoms with Crippen molar-refractivity contribution in [3.8, 4) is 22.3 Å². The SMILES string of the molecule is c1ccc2c(c1)Cc1cc3c(cc1-2)N1c2ccccc2Cc2c4c(cc(c21)C3)Cc1ccccc1-4. The number of rotatable bonds is 0. The van der Waals surface area contributed by atoms with Crippen molar-refractivity contribution >= 4 is 17.1 Å². The Bertz CT molecular complexity index is 1760. The van der Waals surface area contributed by atoms with Gasteiger partial charge < -0.3 is 4.90 Å². The summed E-state index contributed by atoms with van der Waals surface area (Å²) in [7, 11) is 0. The van der Waals surface area contributed by atoms with Gasteiger partial charge >= 0.3 is 0 Å². The van der Waals surface area contributed by atoms with E-state index in [1.165, 1.54) is 83.8 Å². The van der Waals surface area contributed by atoms with Crippen molar-refractivity contribution in [1.29, 1.82) is 0 Å². The average molecular weight is 446 g/mol. The molecule has 0 aromatic heterocycles. The van der Waals surface area contributed by atoms with Crippen LogP contribution in [0.3, 0.4) is 0 Å². The third kappa shape index (κ3) is 2.29. The first-order valence-electron chi connectivity index (χ1n) is 12.7. The molecule has 0 spiro atoms. The predicted octanol–water partition coefficient (Wildman–Crippen LogP) is 8.11. The Balaban J connectivity index is 1.35. The molecule has 1 nitrogen and oxygen atoms in total. The molecule has 5 aromatic carbocycles. The van der Waals surface area contributed by atoms with Crippen molar-refractivity contribution in [1.82, 2.24) is 0 Å². The smallest absolute Gasteiger partial charge is 0.0539 e. The lowest BCUT2D eigenvalue weighted by atomic mass is 9.81. The van der Waals surface area contributed by atoms with E-state index in [-0.39, 0.29) is 0 Å². The van der Waals surface area contributed by atoms with E-state index in [1.807, 2.05) is 0 Å². The van der Waals surface area contributed by atoms with E-state index in [0.29, 0.717) is 0 Å². The van der Waals surface area contributed by atoms with Gasteiger partial charge in [0.1, 0.15) is 0 Å². The molecule has 4 aliphatic rings. The molecule has 0 radical (unpaired) electrons. The Labute approximate surface area is 205 Å². The first-order valence-corrected chi connectivity index (χ1v) is 12.7. The first-order chi connectivity index (χ1) is 17.3. The highest BCUT2D eigenvalue weighted by atomic mass is 15.2. The van der Waals surface area contributed by atoms with Gasteiger partial charge in [0.25, 0.3) is 0 Å². The molecule has 0 saturated heterocycles. The highest BCUT2D eigenvalue weighted by Crippen LogP contribution is 2.56. The molecule has 0 saturated carbocycles. The van der Waals surface area contributed by atoms with E-state index >= 15 is 0 Å². The molecule has 2 aliphatic heterocycles. The Morgan fingerprint density at radius 2 is 1.09 bits per heavy atom. The number of anilines is 3. The van der Waals surface area contributed by atoms with Gasteiger partial charge in [-0.1, -0.05) is 78.9 Å². The molecule has 0 atom stereocenters. The molecule has 0 unspecified atom stereocenters. The van der Waals surface area contributed by atoms with Gasteiger partial charge in [0.15, 0.2) is 0 Å². The van der Waals surface area contributed by atoms with E-state index < -0.39 is 0 Å². The van der Waals surface area contributed by atoms with Crippen molar-refractivity contribution in [3.63, 3.8) is 0 Å². The van der Waals surface area contributed by atoms with Crippen LogP contribution in [0.15, 0.2) is 91.0 Å². The van der Waals surface area contributed by atoms with Crippen LogP contribution in [0.1, 0.15) is 44.5 Å². The lowest BCUT2D eigenvalue weighted by Gasteiger charge is -2.40. The fraction of sp³-hybridized carbons (Fsp3) is 0.118. The largest absolute Gasteiger partial charge is 0.309 e. The second kappa shape index (κ2) is 6.31. The van der Waals surface area contributed by atoms with Crippen molar-refractivity contribution in [3.05, 3.63) is 136 Å². The van der Waals surface area contributed by atoms with Crippen LogP contribution in [0.2, 0.25) is 0 Å². The van der Waals surface area contributed by atoms with Crippen molar-refractivity contribution < 1.29 is 0 Å². The fourth-order valence-electron chi connectivity index (χ4n) is 7.26. The maximum atomic E-state index is 2.60. The summed E-state index contributed by atoms with van der Waals surface area (Å²) in [5.41, 5.74) is 21.7. The molecule has 9 rings (SSSR count). The van der Waals surface area contributed by atoms with Crippen LogP contribution in [0, 0.1) is 0 Å². The highest BCUT2D eigenvalue weighted by molar-refractivity contribution is 5.97. The molecule has 35 heavy (non-hydrogen) atoms. The van der Waals surface area contributed by atoms with Crippen LogP contribution in [-0.4, -0.2) is 0 Å². The highest BCUT2D eigenvalue weighted by Gasteiger charge is 2.37. The van der Waals surface area contributed by atoms with Gasteiger partial charge in [0, 0.05) is 18.5 Å². The molecule has 0 amide bonds. The Hall–Kier alpha value is -4.10. The van der Waals surface area contributed by atoms with Crippen molar-refractivity contribution in [2.24, 2.45) is 0 Å². The van der Waals surface area contributed by atoms with E-state index in [0.717, 1.165) is 25.7 Å². The quantitative estimate of drug-likeness (QED) is 0.228. The molecular formula is C34H23N. The average Bonchev–Trinajstić information content (AvgIpc) is 3.44. The third-order valence-electron chi connectivity index (χ3n) is 8.67. The van der Waals surface area contributed by atoms with Crippen LogP contribution in [0.25, 0.3) is 22.3 Å². The van der Waals surface area contributed by atoms with Gasteiger partial charge in [-0.2, -0.15) is 0 Å². The van der Waals surface area contributed by atoms with Crippen LogP contribution in [0.5, 0.6) is 0 Å². The third-order valence-corrected chi connectivity index (χ3v) is 8.67. The fourth-order valence-corrected chi connectivity index (χ4v) is 7.26. The zero-order valence-electron chi connectivity index (χ0n) is 19.4. The lowest BCUT2D eigenvalue weighted by Crippen LogP contribution is -2.25. The van der Waals surface area contributed by atoms with E-state index in [2.05, 4.69) is 95.9 Å². The summed E-state index contributed by atoms with van der Waals surface area (Å²) in [4.78, 5) is 2.60. The molecule has 5 aromatic rings. The van der Waals surface area contributed by atoms with E-state index in [9.17, 15) is 0 Å². The first kappa shape index (κ1) is 18.3. The molecule has 164 valence electrons. The molecule has 1 heteroatoms. The summed E-state index contributed by atoms with van der Waals surface area (Å²) in [6.07, 6.45) is 4.13. The predicted molar refractivity (Wildman–Crippen MR) is 143 cm³/mol. The zero-order chi connectivity index (χ0) is 22.7. The number of benzene rings is 5. The van der Waals surface area contributed by atoms with Gasteiger partial charge in [-0.25, -0.2) is 0 Å². The van der Waals surface area contributed by atoms with Crippen molar-refractivity contribution in [2.75, 3.05) is 4.90 Å². The second-order valence-corrected chi connectivity index (χ2v) is 10.5. The second-order valence-electron chi connectivity index (χ2n) is 10.5. The topological polar surface area (TPSA) is 3.24 Å². The summed E-state index contributed by atoms with van der Waals surface area (Å²) in [6, 6.07) is 34.5. The minimum absolute atomic E-state index is 1.01. The van der Waals surface area contributed by atoms with Gasteiger partial charge in [0.2, 0.25) is 0 Å². The molecule has 0 N–H and O–H groups in total. The number of nitrogens with zero attached hydrogens (tertiary/aromatic N) is 1. The standard InChI is InChI=1S/C34H23N/c1-4-10-27-20(7-1)13-23-15-24-16-26-17-25-14-21-8-2-5-11-28(21)33(25)30-18-22-9-3-6-12-31(22)35(34(26)30)32(24)19-29(23)27/h1-12,15,17,19H,13-14,16,18H2. The monoisotopic (exact) mass is 445 g/mol.